The van der Waals surface area contributed by atoms with Gasteiger partial charge < -0.3 is 5.32 Å². The number of carbonyl (C=O) groups is 1. The first-order valence-corrected chi connectivity index (χ1v) is 6.13. The molecule has 13 heavy (non-hydrogen) atoms. The van der Waals surface area contributed by atoms with Crippen molar-refractivity contribution in [1.82, 2.24) is 4.98 Å². The fraction of sp³-hybridized carbons (Fsp3) is 0.500. The molecular formula is C8H12N2OS2. The molecule has 0 bridgehead atoms. The number of nitrogens with one attached hydrogen (secondary N) is 1. The lowest BCUT2D eigenvalue weighted by Gasteiger charge is -1.99. The lowest BCUT2D eigenvalue weighted by molar-refractivity contribution is -0.115. The van der Waals surface area contributed by atoms with Crippen molar-refractivity contribution in [2.45, 2.75) is 13.3 Å². The maximum absolute atomic E-state index is 11.2. The average Bonchev–Trinajstić information content (AvgIpc) is 2.57. The maximum Gasteiger partial charge on any atom is 0.226 e. The summed E-state index contributed by atoms with van der Waals surface area (Å²) in [7, 11) is 0. The summed E-state index contributed by atoms with van der Waals surface area (Å²) in [4.78, 5) is 15.2. The van der Waals surface area contributed by atoms with Gasteiger partial charge in [0.2, 0.25) is 5.91 Å². The number of carbonyl (C=O) groups excluding carboxylic acids is 1. The molecule has 1 N–H and O–H groups in total. The van der Waals surface area contributed by atoms with E-state index < -0.39 is 0 Å². The number of hydrogen-bond acceptors (Lipinski definition) is 4. The topological polar surface area (TPSA) is 42.0 Å². The van der Waals surface area contributed by atoms with Crippen LogP contribution in [0.15, 0.2) is 11.6 Å². The second kappa shape index (κ2) is 5.99. The van der Waals surface area contributed by atoms with Crippen LogP contribution in [0.25, 0.3) is 0 Å². The Labute approximate surface area is 86.0 Å². The van der Waals surface area contributed by atoms with E-state index >= 15 is 0 Å². The second-order valence-electron chi connectivity index (χ2n) is 2.33. The van der Waals surface area contributed by atoms with Gasteiger partial charge in [0.05, 0.1) is 0 Å². The Morgan fingerprint density at radius 3 is 3.23 bits per heavy atom. The summed E-state index contributed by atoms with van der Waals surface area (Å²) in [6.07, 6.45) is 2.25. The summed E-state index contributed by atoms with van der Waals surface area (Å²) in [5, 5.41) is 5.27. The Hall–Kier alpha value is -0.550. The van der Waals surface area contributed by atoms with Crippen LogP contribution in [0.4, 0.5) is 5.13 Å². The Balaban J connectivity index is 2.18. The number of thioether (sulfide) groups is 1. The van der Waals surface area contributed by atoms with Crippen LogP contribution in [-0.4, -0.2) is 22.4 Å². The van der Waals surface area contributed by atoms with E-state index in [-0.39, 0.29) is 5.91 Å². The minimum Gasteiger partial charge on any atom is -0.302 e. The molecule has 0 aromatic carbocycles. The molecule has 72 valence electrons. The zero-order valence-electron chi connectivity index (χ0n) is 7.45. The van der Waals surface area contributed by atoms with E-state index in [9.17, 15) is 4.79 Å². The van der Waals surface area contributed by atoms with E-state index in [2.05, 4.69) is 17.2 Å². The number of nitrogens with zero attached hydrogens (tertiary/aromatic N) is 1. The zero-order chi connectivity index (χ0) is 9.52. The molecule has 0 saturated carbocycles. The van der Waals surface area contributed by atoms with Crippen LogP contribution in [0.1, 0.15) is 13.3 Å². The van der Waals surface area contributed by atoms with Gasteiger partial charge in [0.1, 0.15) is 0 Å². The first kappa shape index (κ1) is 10.5. The van der Waals surface area contributed by atoms with Crippen LogP contribution in [-0.2, 0) is 4.79 Å². The summed E-state index contributed by atoms with van der Waals surface area (Å²) >= 11 is 3.21. The van der Waals surface area contributed by atoms with Gasteiger partial charge >= 0.3 is 0 Å². The molecule has 0 saturated heterocycles. The third-order valence-electron chi connectivity index (χ3n) is 1.36. The highest BCUT2D eigenvalue weighted by atomic mass is 32.2. The first-order valence-electron chi connectivity index (χ1n) is 4.10. The van der Waals surface area contributed by atoms with Gasteiger partial charge in [0.15, 0.2) is 5.13 Å². The number of thiazole rings is 1. The molecule has 0 aliphatic rings. The van der Waals surface area contributed by atoms with Crippen molar-refractivity contribution in [3.05, 3.63) is 11.6 Å². The van der Waals surface area contributed by atoms with Gasteiger partial charge in [0.25, 0.3) is 0 Å². The normalized spacial score (nSPS) is 9.92. The second-order valence-corrected chi connectivity index (χ2v) is 4.62. The molecule has 1 amide bonds. The summed E-state index contributed by atoms with van der Waals surface area (Å²) in [6.45, 7) is 2.09. The number of aromatic nitrogens is 1. The molecule has 0 unspecified atom stereocenters. The van der Waals surface area contributed by atoms with E-state index in [1.165, 1.54) is 11.3 Å². The third-order valence-corrected chi connectivity index (χ3v) is 2.95. The minimum absolute atomic E-state index is 0.0518. The van der Waals surface area contributed by atoms with Crippen LogP contribution < -0.4 is 5.32 Å². The van der Waals surface area contributed by atoms with Crippen LogP contribution in [0.5, 0.6) is 0 Å². The van der Waals surface area contributed by atoms with Crippen LogP contribution in [0.3, 0.4) is 0 Å². The Morgan fingerprint density at radius 1 is 1.77 bits per heavy atom. The minimum atomic E-state index is 0.0518. The van der Waals surface area contributed by atoms with E-state index in [0.717, 1.165) is 11.5 Å². The lowest BCUT2D eigenvalue weighted by atomic mass is 10.5. The van der Waals surface area contributed by atoms with E-state index in [1.54, 1.807) is 18.0 Å². The van der Waals surface area contributed by atoms with Crippen molar-refractivity contribution in [3.8, 4) is 0 Å². The van der Waals surface area contributed by atoms with Crippen molar-refractivity contribution in [2.24, 2.45) is 0 Å². The van der Waals surface area contributed by atoms with Crippen LogP contribution in [0, 0.1) is 0 Å². The molecular weight excluding hydrogens is 204 g/mol. The van der Waals surface area contributed by atoms with Crippen molar-refractivity contribution in [3.63, 3.8) is 0 Å². The molecule has 0 aliphatic heterocycles. The number of amides is 1. The predicted molar refractivity (Wildman–Crippen MR) is 58.4 cm³/mol. The Kier molecular flexibility index (Phi) is 4.85. The summed E-state index contributed by atoms with van der Waals surface area (Å²) < 4.78 is 0. The third kappa shape index (κ3) is 4.28. The SMILES string of the molecule is CCSCCC(=O)Nc1nccs1. The fourth-order valence-corrected chi connectivity index (χ4v) is 1.94. The van der Waals surface area contributed by atoms with Crippen LogP contribution in [0.2, 0.25) is 0 Å². The highest BCUT2D eigenvalue weighted by molar-refractivity contribution is 7.99. The van der Waals surface area contributed by atoms with Crippen molar-refractivity contribution in [2.75, 3.05) is 16.8 Å². The fourth-order valence-electron chi connectivity index (χ4n) is 0.776. The lowest BCUT2D eigenvalue weighted by Crippen LogP contribution is -2.11. The standard InChI is InChI=1S/C8H12N2OS2/c1-2-12-5-3-7(11)10-8-9-4-6-13-8/h4,6H,2-3,5H2,1H3,(H,9,10,11). The highest BCUT2D eigenvalue weighted by Crippen LogP contribution is 2.11. The van der Waals surface area contributed by atoms with Gasteiger partial charge in [-0.25, -0.2) is 4.98 Å². The molecule has 0 radical (unpaired) electrons. The molecule has 0 fully saturated rings. The summed E-state index contributed by atoms with van der Waals surface area (Å²) in [5.41, 5.74) is 0. The van der Waals surface area contributed by atoms with Gasteiger partial charge in [0, 0.05) is 23.8 Å². The van der Waals surface area contributed by atoms with Gasteiger partial charge in [-0.1, -0.05) is 6.92 Å². The summed E-state index contributed by atoms with van der Waals surface area (Å²) in [6, 6.07) is 0. The Bertz CT molecular complexity index is 249. The van der Waals surface area contributed by atoms with Gasteiger partial charge in [-0.3, -0.25) is 4.79 Å². The molecule has 1 rings (SSSR count). The monoisotopic (exact) mass is 216 g/mol. The smallest absolute Gasteiger partial charge is 0.226 e. The molecule has 0 aliphatic carbocycles. The number of hydrogen-bond donors (Lipinski definition) is 1. The molecule has 3 nitrogen and oxygen atoms in total. The molecule has 0 spiro atoms. The van der Waals surface area contributed by atoms with Gasteiger partial charge in [-0.15, -0.1) is 11.3 Å². The Morgan fingerprint density at radius 2 is 2.62 bits per heavy atom. The quantitative estimate of drug-likeness (QED) is 0.767. The van der Waals surface area contributed by atoms with Gasteiger partial charge in [-0.2, -0.15) is 11.8 Å². The maximum atomic E-state index is 11.2. The number of rotatable bonds is 5. The largest absolute Gasteiger partial charge is 0.302 e. The highest BCUT2D eigenvalue weighted by Gasteiger charge is 2.02. The van der Waals surface area contributed by atoms with Crippen LogP contribution >= 0.6 is 23.1 Å². The average molecular weight is 216 g/mol. The van der Waals surface area contributed by atoms with Crippen molar-refractivity contribution < 1.29 is 4.79 Å². The molecule has 0 atom stereocenters. The zero-order valence-corrected chi connectivity index (χ0v) is 9.08. The molecule has 1 aromatic rings. The van der Waals surface area contributed by atoms with Gasteiger partial charge in [-0.05, 0) is 5.75 Å². The first-order chi connectivity index (χ1) is 6.33. The van der Waals surface area contributed by atoms with E-state index in [0.29, 0.717) is 11.6 Å². The molecule has 5 heteroatoms. The van der Waals surface area contributed by atoms with E-state index in [4.69, 9.17) is 0 Å². The van der Waals surface area contributed by atoms with Crippen molar-refractivity contribution in [1.29, 1.82) is 0 Å². The molecule has 1 heterocycles. The molecule has 1 aromatic heterocycles. The number of anilines is 1. The van der Waals surface area contributed by atoms with Crippen molar-refractivity contribution >= 4 is 34.1 Å². The summed E-state index contributed by atoms with van der Waals surface area (Å²) in [5.74, 6) is 1.99. The predicted octanol–water partition coefficient (Wildman–Crippen LogP) is 2.22. The van der Waals surface area contributed by atoms with E-state index in [1.807, 2.05) is 5.38 Å².